The summed E-state index contributed by atoms with van der Waals surface area (Å²) in [6, 6.07) is 5.28. The molecule has 0 aliphatic rings. The van der Waals surface area contributed by atoms with E-state index in [4.69, 9.17) is 16.4 Å². The summed E-state index contributed by atoms with van der Waals surface area (Å²) in [4.78, 5) is 20.3. The molecule has 1 aromatic heterocycles. The number of carbonyl (C=O) groups excluding carboxylic acids is 1. The summed E-state index contributed by atoms with van der Waals surface area (Å²) in [5.74, 6) is -2.06. The predicted molar refractivity (Wildman–Crippen MR) is 91.1 cm³/mol. The average molecular weight is 403 g/mol. The van der Waals surface area contributed by atoms with Gasteiger partial charge in [0, 0.05) is 16.7 Å². The summed E-state index contributed by atoms with van der Waals surface area (Å²) >= 11 is 5.32. The van der Waals surface area contributed by atoms with Gasteiger partial charge in [0.15, 0.2) is 0 Å². The van der Waals surface area contributed by atoms with E-state index in [0.29, 0.717) is 5.56 Å². The second-order valence-corrected chi connectivity index (χ2v) is 5.42. The van der Waals surface area contributed by atoms with E-state index >= 15 is 0 Å². The van der Waals surface area contributed by atoms with Crippen molar-refractivity contribution in [2.45, 2.75) is 19.1 Å². The standard InChI is InChI=1S/C16H14ClF3N4O3/c1-10(9-21-26-8-2-7-17)22-14(25)12-5-3-11(4-6-12)13-23-15(27-24-13)16(18,19)20/h2-7,9-10H,8H2,1H3,(H,22,25)/b7-2-,21-9?. The molecule has 1 atom stereocenters. The third-order valence-corrected chi connectivity index (χ3v) is 3.23. The molecule has 1 heterocycles. The lowest BCUT2D eigenvalue weighted by Crippen LogP contribution is -2.33. The largest absolute Gasteiger partial charge is 0.471 e. The van der Waals surface area contributed by atoms with Gasteiger partial charge >= 0.3 is 12.1 Å². The third-order valence-electron chi connectivity index (χ3n) is 3.05. The number of nitrogens with one attached hydrogen (secondary N) is 1. The Hall–Kier alpha value is -2.88. The quantitative estimate of drug-likeness (QED) is 0.434. The van der Waals surface area contributed by atoms with Gasteiger partial charge in [0.25, 0.3) is 5.91 Å². The highest BCUT2D eigenvalue weighted by Gasteiger charge is 2.38. The summed E-state index contributed by atoms with van der Waals surface area (Å²) in [6.45, 7) is 1.89. The zero-order chi connectivity index (χ0) is 19.9. The highest BCUT2D eigenvalue weighted by atomic mass is 35.5. The third kappa shape index (κ3) is 6.10. The minimum atomic E-state index is -4.72. The maximum atomic E-state index is 12.5. The number of amides is 1. The Balaban J connectivity index is 1.96. The van der Waals surface area contributed by atoms with Gasteiger partial charge in [-0.05, 0) is 25.1 Å². The lowest BCUT2D eigenvalue weighted by molar-refractivity contribution is -0.159. The molecular weight excluding hydrogens is 389 g/mol. The van der Waals surface area contributed by atoms with Crippen LogP contribution in [0, 0.1) is 0 Å². The summed E-state index contributed by atoms with van der Waals surface area (Å²) < 4.78 is 41.6. The van der Waals surface area contributed by atoms with E-state index in [1.54, 1.807) is 13.0 Å². The number of oxime groups is 1. The van der Waals surface area contributed by atoms with Gasteiger partial charge in [0.2, 0.25) is 5.82 Å². The number of alkyl halides is 3. The van der Waals surface area contributed by atoms with Gasteiger partial charge in [-0.1, -0.05) is 34.0 Å². The lowest BCUT2D eigenvalue weighted by atomic mass is 10.1. The van der Waals surface area contributed by atoms with Crippen molar-refractivity contribution < 1.29 is 27.3 Å². The minimum Gasteiger partial charge on any atom is -0.392 e. The van der Waals surface area contributed by atoms with E-state index in [-0.39, 0.29) is 18.0 Å². The van der Waals surface area contributed by atoms with Gasteiger partial charge in [-0.25, -0.2) is 0 Å². The van der Waals surface area contributed by atoms with Gasteiger partial charge in [0.05, 0.1) is 12.3 Å². The van der Waals surface area contributed by atoms with Crippen LogP contribution >= 0.6 is 11.6 Å². The van der Waals surface area contributed by atoms with Crippen molar-refractivity contribution >= 4 is 23.7 Å². The minimum absolute atomic E-state index is 0.203. The fourth-order valence-corrected chi connectivity index (χ4v) is 1.88. The van der Waals surface area contributed by atoms with E-state index in [9.17, 15) is 18.0 Å². The smallest absolute Gasteiger partial charge is 0.392 e. The number of hydrogen-bond acceptors (Lipinski definition) is 6. The average Bonchev–Trinajstić information content (AvgIpc) is 3.12. The van der Waals surface area contributed by atoms with E-state index in [0.717, 1.165) is 0 Å². The van der Waals surface area contributed by atoms with Crippen LogP contribution in [0.2, 0.25) is 0 Å². The zero-order valence-electron chi connectivity index (χ0n) is 13.9. The molecule has 1 amide bonds. The molecule has 0 saturated heterocycles. The number of halogens is 4. The first-order valence-electron chi connectivity index (χ1n) is 7.54. The summed E-state index contributed by atoms with van der Waals surface area (Å²) in [5.41, 5.74) is 1.87. The second kappa shape index (κ2) is 9.17. The van der Waals surface area contributed by atoms with E-state index in [2.05, 4.69) is 25.1 Å². The van der Waals surface area contributed by atoms with Crippen LogP contribution in [-0.4, -0.2) is 34.9 Å². The zero-order valence-corrected chi connectivity index (χ0v) is 14.7. The number of benzene rings is 1. The second-order valence-electron chi connectivity index (χ2n) is 5.17. The van der Waals surface area contributed by atoms with Crippen LogP contribution in [0.25, 0.3) is 11.4 Å². The lowest BCUT2D eigenvalue weighted by Gasteiger charge is -2.09. The molecule has 0 radical (unpaired) electrons. The first kappa shape index (κ1) is 20.4. The van der Waals surface area contributed by atoms with Crippen LogP contribution in [0.3, 0.4) is 0 Å². The van der Waals surface area contributed by atoms with Crippen LogP contribution in [0.1, 0.15) is 23.2 Å². The van der Waals surface area contributed by atoms with Crippen LogP contribution in [0.15, 0.2) is 45.6 Å². The van der Waals surface area contributed by atoms with Crippen molar-refractivity contribution in [3.8, 4) is 11.4 Å². The highest BCUT2D eigenvalue weighted by Crippen LogP contribution is 2.29. The van der Waals surface area contributed by atoms with Crippen molar-refractivity contribution in [2.75, 3.05) is 6.61 Å². The van der Waals surface area contributed by atoms with Crippen LogP contribution in [0.4, 0.5) is 13.2 Å². The number of aromatic nitrogens is 2. The topological polar surface area (TPSA) is 89.6 Å². The molecule has 0 bridgehead atoms. The van der Waals surface area contributed by atoms with Crippen LogP contribution in [0.5, 0.6) is 0 Å². The van der Waals surface area contributed by atoms with Gasteiger partial charge in [-0.2, -0.15) is 18.2 Å². The predicted octanol–water partition coefficient (Wildman–Crippen LogP) is 3.63. The first-order valence-corrected chi connectivity index (χ1v) is 7.97. The van der Waals surface area contributed by atoms with Crippen LogP contribution < -0.4 is 5.32 Å². The number of carbonyl (C=O) groups is 1. The Morgan fingerprint density at radius 2 is 2.11 bits per heavy atom. The molecule has 1 unspecified atom stereocenters. The SMILES string of the molecule is CC(C=NOC/C=C\Cl)NC(=O)c1ccc(-c2noc(C(F)(F)F)n2)cc1. The van der Waals surface area contributed by atoms with E-state index in [1.165, 1.54) is 36.0 Å². The Morgan fingerprint density at radius 1 is 1.41 bits per heavy atom. The molecule has 144 valence electrons. The molecular formula is C16H14ClF3N4O3. The summed E-state index contributed by atoms with van der Waals surface area (Å²) in [6.07, 6.45) is -1.77. The van der Waals surface area contributed by atoms with E-state index < -0.39 is 24.0 Å². The molecule has 2 aromatic rings. The van der Waals surface area contributed by atoms with Crippen molar-refractivity contribution in [1.82, 2.24) is 15.5 Å². The Kier molecular flexibility index (Phi) is 6.94. The molecule has 7 nitrogen and oxygen atoms in total. The Bertz CT molecular complexity index is 819. The van der Waals surface area contributed by atoms with Crippen molar-refractivity contribution in [1.29, 1.82) is 0 Å². The maximum absolute atomic E-state index is 12.5. The fourth-order valence-electron chi connectivity index (χ4n) is 1.81. The molecule has 0 aliphatic carbocycles. The molecule has 11 heteroatoms. The Morgan fingerprint density at radius 3 is 2.70 bits per heavy atom. The number of nitrogens with zero attached hydrogens (tertiary/aromatic N) is 3. The molecule has 1 N–H and O–H groups in total. The van der Waals surface area contributed by atoms with Crippen molar-refractivity contribution in [3.63, 3.8) is 0 Å². The highest BCUT2D eigenvalue weighted by molar-refractivity contribution is 6.25. The Labute approximate surface area is 156 Å². The van der Waals surface area contributed by atoms with Crippen molar-refractivity contribution in [2.24, 2.45) is 5.16 Å². The molecule has 2 rings (SSSR count). The first-order chi connectivity index (χ1) is 12.8. The number of rotatable bonds is 7. The van der Waals surface area contributed by atoms with Crippen LogP contribution in [-0.2, 0) is 11.0 Å². The number of hydrogen-bond donors (Lipinski definition) is 1. The molecule has 0 fully saturated rings. The van der Waals surface area contributed by atoms with Gasteiger partial charge < -0.3 is 14.7 Å². The molecule has 27 heavy (non-hydrogen) atoms. The summed E-state index contributed by atoms with van der Waals surface area (Å²) in [5, 5.41) is 9.60. The molecule has 0 aliphatic heterocycles. The molecule has 0 saturated carbocycles. The monoisotopic (exact) mass is 402 g/mol. The molecule has 0 spiro atoms. The van der Waals surface area contributed by atoms with Gasteiger partial charge in [0.1, 0.15) is 6.61 Å². The van der Waals surface area contributed by atoms with Crippen molar-refractivity contribution in [3.05, 3.63) is 47.3 Å². The maximum Gasteiger partial charge on any atom is 0.471 e. The fraction of sp³-hybridized carbons (Fsp3) is 0.250. The van der Waals surface area contributed by atoms with Gasteiger partial charge in [-0.3, -0.25) is 4.79 Å². The summed E-state index contributed by atoms with van der Waals surface area (Å²) in [7, 11) is 0. The van der Waals surface area contributed by atoms with Gasteiger partial charge in [-0.15, -0.1) is 0 Å². The normalized spacial score (nSPS) is 13.2. The van der Waals surface area contributed by atoms with E-state index in [1.807, 2.05) is 0 Å². The molecule has 1 aromatic carbocycles.